The normalized spacial score (nSPS) is 24.6. The molecule has 0 bridgehead atoms. The van der Waals surface area contributed by atoms with Crippen LogP contribution in [0, 0.1) is 11.3 Å². The minimum absolute atomic E-state index is 0. The highest BCUT2D eigenvalue weighted by atomic mass is 35.5. The highest BCUT2D eigenvalue weighted by Gasteiger charge is 2.49. The summed E-state index contributed by atoms with van der Waals surface area (Å²) in [6.45, 7) is 1.79. The van der Waals surface area contributed by atoms with Gasteiger partial charge in [0.15, 0.2) is 0 Å². The quantitative estimate of drug-likeness (QED) is 0.758. The molecule has 1 aromatic carbocycles. The highest BCUT2D eigenvalue weighted by Crippen LogP contribution is 2.44. The number of rotatable bonds is 3. The fourth-order valence-corrected chi connectivity index (χ4v) is 4.08. The molecule has 25 heavy (non-hydrogen) atoms. The van der Waals surface area contributed by atoms with Gasteiger partial charge in [-0.25, -0.2) is 4.98 Å². The van der Waals surface area contributed by atoms with E-state index < -0.39 is 0 Å². The smallest absolute Gasteiger partial charge is 0.232 e. The van der Waals surface area contributed by atoms with E-state index in [2.05, 4.69) is 20.6 Å². The fraction of sp³-hybridized carbons (Fsp3) is 0.444. The topological polar surface area (TPSA) is 69.8 Å². The molecular formula is C18H24Cl2N4O. The molecule has 2 fully saturated rings. The van der Waals surface area contributed by atoms with Crippen LogP contribution in [0.3, 0.4) is 0 Å². The molecule has 2 aromatic rings. The van der Waals surface area contributed by atoms with E-state index in [1.807, 2.05) is 24.3 Å². The van der Waals surface area contributed by atoms with Crippen molar-refractivity contribution in [1.82, 2.24) is 15.3 Å². The van der Waals surface area contributed by atoms with Gasteiger partial charge in [-0.05, 0) is 49.6 Å². The molecule has 1 saturated heterocycles. The van der Waals surface area contributed by atoms with Gasteiger partial charge < -0.3 is 15.6 Å². The first-order chi connectivity index (χ1) is 11.3. The lowest BCUT2D eigenvalue weighted by Crippen LogP contribution is -2.44. The maximum atomic E-state index is 12.9. The monoisotopic (exact) mass is 382 g/mol. The Morgan fingerprint density at radius 2 is 2.00 bits per heavy atom. The zero-order chi connectivity index (χ0) is 15.7. The first-order valence-corrected chi connectivity index (χ1v) is 8.40. The van der Waals surface area contributed by atoms with Gasteiger partial charge in [0.2, 0.25) is 5.91 Å². The van der Waals surface area contributed by atoms with Crippen molar-refractivity contribution < 1.29 is 4.79 Å². The van der Waals surface area contributed by atoms with Crippen LogP contribution in [0.4, 0.5) is 5.69 Å². The van der Waals surface area contributed by atoms with Crippen molar-refractivity contribution >= 4 is 36.4 Å². The molecule has 3 N–H and O–H groups in total. The zero-order valence-electron chi connectivity index (χ0n) is 14.0. The third kappa shape index (κ3) is 3.68. The molecule has 1 aliphatic heterocycles. The van der Waals surface area contributed by atoms with Crippen LogP contribution in [0.25, 0.3) is 11.4 Å². The van der Waals surface area contributed by atoms with Gasteiger partial charge in [0.25, 0.3) is 0 Å². The Kier molecular flexibility index (Phi) is 6.49. The summed E-state index contributed by atoms with van der Waals surface area (Å²) in [5.74, 6) is 1.50. The first-order valence-electron chi connectivity index (χ1n) is 8.40. The minimum Gasteiger partial charge on any atom is -0.345 e. The average Bonchev–Trinajstić information content (AvgIpc) is 3.25. The number of hydrogen-bond donors (Lipinski definition) is 3. The molecule has 0 radical (unpaired) electrons. The number of nitrogens with zero attached hydrogens (tertiary/aromatic N) is 1. The summed E-state index contributed by atoms with van der Waals surface area (Å²) >= 11 is 0. The standard InChI is InChI=1S/C18H22N4O.2ClH/c23-17(18-8-2-1-3-14(18)11-19-12-18)22-15-6-4-13(5-7-15)16-20-9-10-21-16;;/h4-7,9-10,14,19H,1-3,8,11-12H2,(H,20,21)(H,22,23);2*1H/t14-,18+;;/m0../s1. The van der Waals surface area contributed by atoms with Crippen LogP contribution in [-0.2, 0) is 4.79 Å². The van der Waals surface area contributed by atoms with Crippen molar-refractivity contribution in [2.45, 2.75) is 25.7 Å². The molecule has 7 heteroatoms. The minimum atomic E-state index is -0.210. The lowest BCUT2D eigenvalue weighted by molar-refractivity contribution is -0.128. The van der Waals surface area contributed by atoms with Crippen LogP contribution in [0.15, 0.2) is 36.7 Å². The summed E-state index contributed by atoms with van der Waals surface area (Å²) in [5, 5.41) is 6.56. The van der Waals surface area contributed by atoms with Crippen LogP contribution in [0.5, 0.6) is 0 Å². The number of aromatic nitrogens is 2. The summed E-state index contributed by atoms with van der Waals surface area (Å²) in [4.78, 5) is 20.2. The largest absolute Gasteiger partial charge is 0.345 e. The second-order valence-electron chi connectivity index (χ2n) is 6.70. The van der Waals surface area contributed by atoms with E-state index in [0.717, 1.165) is 49.4 Å². The maximum absolute atomic E-state index is 12.9. The summed E-state index contributed by atoms with van der Waals surface area (Å²) in [7, 11) is 0. The predicted octanol–water partition coefficient (Wildman–Crippen LogP) is 3.64. The molecule has 0 unspecified atom stereocenters. The molecule has 1 saturated carbocycles. The van der Waals surface area contributed by atoms with Gasteiger partial charge in [0.1, 0.15) is 5.82 Å². The van der Waals surface area contributed by atoms with Crippen molar-refractivity contribution in [3.05, 3.63) is 36.7 Å². The second-order valence-corrected chi connectivity index (χ2v) is 6.70. The Morgan fingerprint density at radius 1 is 1.20 bits per heavy atom. The van der Waals surface area contributed by atoms with Crippen LogP contribution in [0.2, 0.25) is 0 Å². The van der Waals surface area contributed by atoms with Crippen molar-refractivity contribution in [2.24, 2.45) is 11.3 Å². The van der Waals surface area contributed by atoms with Crippen molar-refractivity contribution in [3.63, 3.8) is 0 Å². The number of halogens is 2. The molecule has 2 atom stereocenters. The molecule has 136 valence electrons. The molecule has 0 spiro atoms. The van der Waals surface area contributed by atoms with Gasteiger partial charge in [-0.2, -0.15) is 0 Å². The van der Waals surface area contributed by atoms with Crippen LogP contribution in [-0.4, -0.2) is 29.0 Å². The van der Waals surface area contributed by atoms with Gasteiger partial charge in [-0.3, -0.25) is 4.79 Å². The van der Waals surface area contributed by atoms with Gasteiger partial charge in [-0.15, -0.1) is 24.8 Å². The third-order valence-corrected chi connectivity index (χ3v) is 5.40. The van der Waals surface area contributed by atoms with Crippen LogP contribution >= 0.6 is 24.8 Å². The number of aromatic amines is 1. The Morgan fingerprint density at radius 3 is 2.72 bits per heavy atom. The van der Waals surface area contributed by atoms with Gasteiger partial charge in [-0.1, -0.05) is 12.8 Å². The lowest BCUT2D eigenvalue weighted by atomic mass is 9.67. The molecule has 2 aliphatic rings. The number of nitrogens with one attached hydrogen (secondary N) is 3. The van der Waals surface area contributed by atoms with E-state index in [1.165, 1.54) is 6.42 Å². The molecular weight excluding hydrogens is 359 g/mol. The fourth-order valence-electron chi connectivity index (χ4n) is 4.08. The highest BCUT2D eigenvalue weighted by molar-refractivity contribution is 5.96. The molecule has 5 nitrogen and oxygen atoms in total. The number of H-pyrrole nitrogens is 1. The molecule has 1 amide bonds. The number of fused-ring (bicyclic) bond motifs is 1. The number of carbonyl (C=O) groups excluding carboxylic acids is 1. The number of hydrogen-bond acceptors (Lipinski definition) is 3. The summed E-state index contributed by atoms with van der Waals surface area (Å²) < 4.78 is 0. The number of amides is 1. The molecule has 4 rings (SSSR count). The van der Waals surface area contributed by atoms with Gasteiger partial charge >= 0.3 is 0 Å². The summed E-state index contributed by atoms with van der Waals surface area (Å²) in [6, 6.07) is 7.87. The number of imidazole rings is 1. The average molecular weight is 383 g/mol. The van der Waals surface area contributed by atoms with E-state index in [-0.39, 0.29) is 36.1 Å². The van der Waals surface area contributed by atoms with Crippen molar-refractivity contribution in [1.29, 1.82) is 0 Å². The summed E-state index contributed by atoms with van der Waals surface area (Å²) in [5.41, 5.74) is 1.66. The molecule has 1 aliphatic carbocycles. The van der Waals surface area contributed by atoms with E-state index in [1.54, 1.807) is 12.4 Å². The molecule has 2 heterocycles. The Bertz CT molecular complexity index is 690. The third-order valence-electron chi connectivity index (χ3n) is 5.40. The van der Waals surface area contributed by atoms with Crippen molar-refractivity contribution in [2.75, 3.05) is 18.4 Å². The molecule has 1 aromatic heterocycles. The predicted molar refractivity (Wildman–Crippen MR) is 104 cm³/mol. The lowest BCUT2D eigenvalue weighted by Gasteiger charge is -2.37. The van der Waals surface area contributed by atoms with Crippen LogP contribution in [0.1, 0.15) is 25.7 Å². The van der Waals surface area contributed by atoms with E-state index >= 15 is 0 Å². The van der Waals surface area contributed by atoms with Gasteiger partial charge in [0.05, 0.1) is 5.41 Å². The summed E-state index contributed by atoms with van der Waals surface area (Å²) in [6.07, 6.45) is 8.11. The van der Waals surface area contributed by atoms with E-state index in [4.69, 9.17) is 0 Å². The van der Waals surface area contributed by atoms with Crippen molar-refractivity contribution in [3.8, 4) is 11.4 Å². The maximum Gasteiger partial charge on any atom is 0.232 e. The SMILES string of the molecule is Cl.Cl.O=C(Nc1ccc(-c2ncc[nH]2)cc1)[C@@]12CCCC[C@H]1CNC2. The number of anilines is 1. The Balaban J connectivity index is 0.00000113. The second kappa shape index (κ2) is 8.21. The Labute approximate surface area is 160 Å². The van der Waals surface area contributed by atoms with E-state index in [9.17, 15) is 4.79 Å². The van der Waals surface area contributed by atoms with Gasteiger partial charge in [0, 0.05) is 30.2 Å². The first kappa shape index (κ1) is 19.8. The number of benzene rings is 1. The van der Waals surface area contributed by atoms with Crippen LogP contribution < -0.4 is 10.6 Å². The zero-order valence-corrected chi connectivity index (χ0v) is 15.6. The Hall–Kier alpha value is -1.56. The van der Waals surface area contributed by atoms with E-state index in [0.29, 0.717) is 5.92 Å². The number of carbonyl (C=O) groups is 1.